The molecule has 1 fully saturated rings. The van der Waals surface area contributed by atoms with Gasteiger partial charge in [0.1, 0.15) is 17.8 Å². The summed E-state index contributed by atoms with van der Waals surface area (Å²) in [5.41, 5.74) is -0.850. The number of amides is 2. The van der Waals surface area contributed by atoms with E-state index in [-0.39, 0.29) is 18.3 Å². The van der Waals surface area contributed by atoms with Gasteiger partial charge in [-0.05, 0) is 48.7 Å². The van der Waals surface area contributed by atoms with Crippen molar-refractivity contribution in [2.45, 2.75) is 19.0 Å². The van der Waals surface area contributed by atoms with Gasteiger partial charge in [0.25, 0.3) is 0 Å². The molecule has 4 rings (SSSR count). The Morgan fingerprint density at radius 1 is 0.971 bits per heavy atom. The van der Waals surface area contributed by atoms with Crippen molar-refractivity contribution >= 4 is 23.4 Å². The summed E-state index contributed by atoms with van der Waals surface area (Å²) in [6.45, 7) is -0.000446. The Kier molecular flexibility index (Phi) is 6.29. The Bertz CT molecular complexity index is 1240. The molecule has 0 spiro atoms. The number of hydrogen-bond donors (Lipinski definition) is 3. The molecule has 2 amide bonds. The molecule has 1 aliphatic rings. The fourth-order valence-electron chi connectivity index (χ4n) is 3.17. The molecule has 35 heavy (non-hydrogen) atoms. The maximum absolute atomic E-state index is 13.4. The molecular weight excluding hydrogens is 472 g/mol. The number of carboxylic acid groups (broad SMARTS) is 1. The lowest BCUT2D eigenvalue weighted by atomic mass is 10.1. The number of aromatic nitrogens is 2. The van der Waals surface area contributed by atoms with Crippen molar-refractivity contribution in [3.63, 3.8) is 0 Å². The molecule has 0 atom stereocenters. The van der Waals surface area contributed by atoms with Crippen LogP contribution in [0.25, 0.3) is 11.1 Å². The molecule has 8 nitrogen and oxygen atoms in total. The van der Waals surface area contributed by atoms with Gasteiger partial charge in [-0.2, -0.15) is 13.2 Å². The molecule has 0 saturated heterocycles. The van der Waals surface area contributed by atoms with Gasteiger partial charge < -0.3 is 20.5 Å². The van der Waals surface area contributed by atoms with Crippen molar-refractivity contribution in [3.05, 3.63) is 66.2 Å². The highest BCUT2D eigenvalue weighted by molar-refractivity contribution is 5.99. The maximum atomic E-state index is 13.4. The van der Waals surface area contributed by atoms with Gasteiger partial charge in [0, 0.05) is 29.3 Å². The minimum atomic E-state index is -4.89. The summed E-state index contributed by atoms with van der Waals surface area (Å²) in [4.78, 5) is 31.5. The van der Waals surface area contributed by atoms with Crippen LogP contribution in [-0.2, 0) is 11.0 Å². The topological polar surface area (TPSA) is 113 Å². The van der Waals surface area contributed by atoms with Gasteiger partial charge in [-0.3, -0.25) is 4.79 Å². The van der Waals surface area contributed by atoms with E-state index in [2.05, 4.69) is 20.6 Å². The fraction of sp³-hybridized carbons (Fsp3) is 0.217. The van der Waals surface area contributed by atoms with E-state index >= 15 is 0 Å². The van der Waals surface area contributed by atoms with Crippen LogP contribution in [0.3, 0.4) is 0 Å². The molecule has 182 valence electrons. The zero-order valence-corrected chi connectivity index (χ0v) is 17.9. The lowest BCUT2D eigenvalue weighted by Crippen LogP contribution is -2.23. The SMILES string of the molecule is O=C(Nc1ccc(-c2cnc(OCC3(C(=O)O)CC3)nc2)cc1)Nc1ccc(F)c(C(F)(F)F)c1. The van der Waals surface area contributed by atoms with E-state index in [1.165, 1.54) is 12.4 Å². The summed E-state index contributed by atoms with van der Waals surface area (Å²) in [6, 6.07) is 7.87. The van der Waals surface area contributed by atoms with Gasteiger partial charge in [0.05, 0.1) is 5.56 Å². The Balaban J connectivity index is 1.34. The first-order valence-corrected chi connectivity index (χ1v) is 10.3. The number of carbonyl (C=O) groups excluding carboxylic acids is 1. The molecular formula is C23H18F4N4O4. The van der Waals surface area contributed by atoms with Crippen molar-refractivity contribution < 1.29 is 37.0 Å². The Labute approximate surface area is 196 Å². The number of nitrogens with zero attached hydrogens (tertiary/aromatic N) is 2. The summed E-state index contributed by atoms with van der Waals surface area (Å²) in [6.07, 6.45) is -0.774. The van der Waals surface area contributed by atoms with Crippen LogP contribution in [0.4, 0.5) is 33.7 Å². The lowest BCUT2D eigenvalue weighted by Gasteiger charge is -2.12. The first kappa shape index (κ1) is 23.9. The second-order valence-electron chi connectivity index (χ2n) is 7.98. The van der Waals surface area contributed by atoms with Gasteiger partial charge in [0.15, 0.2) is 0 Å². The normalized spacial score (nSPS) is 14.2. The van der Waals surface area contributed by atoms with Gasteiger partial charge in [0.2, 0.25) is 0 Å². The van der Waals surface area contributed by atoms with Crippen LogP contribution >= 0.6 is 0 Å². The molecule has 1 heterocycles. The van der Waals surface area contributed by atoms with E-state index in [1.807, 2.05) is 0 Å². The number of carbonyl (C=O) groups is 2. The first-order valence-electron chi connectivity index (χ1n) is 10.3. The lowest BCUT2D eigenvalue weighted by molar-refractivity contribution is -0.144. The second-order valence-corrected chi connectivity index (χ2v) is 7.98. The third kappa shape index (κ3) is 5.65. The average Bonchev–Trinajstić information content (AvgIpc) is 3.61. The van der Waals surface area contributed by atoms with Crippen LogP contribution in [0.15, 0.2) is 54.9 Å². The summed E-state index contributed by atoms with van der Waals surface area (Å²) >= 11 is 0. The molecule has 1 aromatic heterocycles. The number of urea groups is 1. The molecule has 12 heteroatoms. The van der Waals surface area contributed by atoms with Gasteiger partial charge in [-0.1, -0.05) is 12.1 Å². The van der Waals surface area contributed by atoms with Crippen molar-refractivity contribution in [2.24, 2.45) is 5.41 Å². The van der Waals surface area contributed by atoms with Crippen LogP contribution in [0.5, 0.6) is 6.01 Å². The molecule has 3 N–H and O–H groups in total. The van der Waals surface area contributed by atoms with Gasteiger partial charge in [-0.25, -0.2) is 19.2 Å². The average molecular weight is 490 g/mol. The summed E-state index contributed by atoms with van der Waals surface area (Å²) in [7, 11) is 0. The molecule has 0 aliphatic heterocycles. The van der Waals surface area contributed by atoms with Crippen LogP contribution in [0, 0.1) is 11.2 Å². The maximum Gasteiger partial charge on any atom is 0.419 e. The number of benzene rings is 2. The van der Waals surface area contributed by atoms with Gasteiger partial charge >= 0.3 is 24.2 Å². The summed E-state index contributed by atoms with van der Waals surface area (Å²) in [5, 5.41) is 13.9. The standard InChI is InChI=1S/C23H18F4N4O4/c24-18-6-5-16(9-17(18)23(25,26)27)31-20(34)30-15-3-1-13(2-4-15)14-10-28-21(29-11-14)35-12-22(7-8-22)19(32)33/h1-6,9-11H,7-8,12H2,(H,32,33)(H2,30,31,34). The summed E-state index contributed by atoms with van der Waals surface area (Å²) in [5.74, 6) is -2.34. The molecule has 0 bridgehead atoms. The number of ether oxygens (including phenoxy) is 1. The highest BCUT2D eigenvalue weighted by atomic mass is 19.4. The number of halogens is 4. The minimum Gasteiger partial charge on any atom is -0.481 e. The quantitative estimate of drug-likeness (QED) is 0.393. The number of nitrogens with one attached hydrogen (secondary N) is 2. The number of carboxylic acids is 1. The molecule has 3 aromatic rings. The molecule has 1 aliphatic carbocycles. The number of rotatable bonds is 7. The predicted octanol–water partition coefficient (Wildman–Crippen LogP) is 5.19. The Morgan fingerprint density at radius 3 is 2.14 bits per heavy atom. The monoisotopic (exact) mass is 490 g/mol. The third-order valence-corrected chi connectivity index (χ3v) is 5.42. The van der Waals surface area contributed by atoms with E-state index < -0.39 is 35.0 Å². The third-order valence-electron chi connectivity index (χ3n) is 5.42. The van der Waals surface area contributed by atoms with E-state index in [0.717, 1.165) is 6.07 Å². The van der Waals surface area contributed by atoms with E-state index in [9.17, 15) is 27.2 Å². The van der Waals surface area contributed by atoms with Crippen molar-refractivity contribution in [1.82, 2.24) is 9.97 Å². The van der Waals surface area contributed by atoms with Crippen LogP contribution in [0.2, 0.25) is 0 Å². The zero-order chi connectivity index (χ0) is 25.2. The van der Waals surface area contributed by atoms with Crippen LogP contribution in [0.1, 0.15) is 18.4 Å². The van der Waals surface area contributed by atoms with Crippen molar-refractivity contribution in [2.75, 3.05) is 17.2 Å². The number of hydrogen-bond acceptors (Lipinski definition) is 5. The molecule has 0 unspecified atom stereocenters. The van der Waals surface area contributed by atoms with E-state index in [0.29, 0.717) is 41.8 Å². The minimum absolute atomic E-state index is 0.000446. The second kappa shape index (κ2) is 9.20. The largest absolute Gasteiger partial charge is 0.481 e. The number of aliphatic carboxylic acids is 1. The smallest absolute Gasteiger partial charge is 0.419 e. The van der Waals surface area contributed by atoms with Crippen LogP contribution < -0.4 is 15.4 Å². The Morgan fingerprint density at radius 2 is 1.57 bits per heavy atom. The number of anilines is 2. The van der Waals surface area contributed by atoms with Crippen LogP contribution in [-0.4, -0.2) is 33.7 Å². The first-order chi connectivity index (χ1) is 16.6. The van der Waals surface area contributed by atoms with E-state index in [1.54, 1.807) is 24.3 Å². The summed E-state index contributed by atoms with van der Waals surface area (Å²) < 4.78 is 57.2. The number of alkyl halides is 3. The van der Waals surface area contributed by atoms with Gasteiger partial charge in [-0.15, -0.1) is 0 Å². The van der Waals surface area contributed by atoms with E-state index in [4.69, 9.17) is 9.84 Å². The predicted molar refractivity (Wildman–Crippen MR) is 116 cm³/mol. The highest BCUT2D eigenvalue weighted by Crippen LogP contribution is 2.45. The Hall–Kier alpha value is -4.22. The van der Waals surface area contributed by atoms with Crippen molar-refractivity contribution in [1.29, 1.82) is 0 Å². The molecule has 2 aromatic carbocycles. The van der Waals surface area contributed by atoms with Crippen molar-refractivity contribution in [3.8, 4) is 17.1 Å². The fourth-order valence-corrected chi connectivity index (χ4v) is 3.17. The molecule has 0 radical (unpaired) electrons. The highest BCUT2D eigenvalue weighted by Gasteiger charge is 2.51. The zero-order valence-electron chi connectivity index (χ0n) is 17.9. The molecule has 1 saturated carbocycles.